The summed E-state index contributed by atoms with van der Waals surface area (Å²) in [5, 5.41) is 0. The van der Waals surface area contributed by atoms with Crippen LogP contribution in [0.1, 0.15) is 58.8 Å². The van der Waals surface area contributed by atoms with E-state index in [1.807, 2.05) is 6.92 Å². The Morgan fingerprint density at radius 1 is 0.941 bits per heavy atom. The standard InChI is InChI=1S/C14H31NO2/c1-3-5-6-7-8-9-11-16-12-10-14(13-15)17-4-2/h14H,3-13,15H2,1-2H3. The smallest absolute Gasteiger partial charge is 0.0719 e. The van der Waals surface area contributed by atoms with E-state index in [9.17, 15) is 0 Å². The topological polar surface area (TPSA) is 44.5 Å². The molecule has 3 heteroatoms. The maximum Gasteiger partial charge on any atom is 0.0719 e. The molecule has 104 valence electrons. The monoisotopic (exact) mass is 245 g/mol. The van der Waals surface area contributed by atoms with Gasteiger partial charge in [0.2, 0.25) is 0 Å². The molecule has 0 radical (unpaired) electrons. The van der Waals surface area contributed by atoms with Crippen LogP contribution in [0.2, 0.25) is 0 Å². The van der Waals surface area contributed by atoms with Crippen LogP contribution in [0, 0.1) is 0 Å². The Labute approximate surface area is 107 Å². The van der Waals surface area contributed by atoms with Gasteiger partial charge in [0, 0.05) is 26.4 Å². The molecular weight excluding hydrogens is 214 g/mol. The van der Waals surface area contributed by atoms with Crippen LogP contribution in [-0.2, 0) is 9.47 Å². The maximum absolute atomic E-state index is 5.59. The maximum atomic E-state index is 5.59. The highest BCUT2D eigenvalue weighted by atomic mass is 16.5. The zero-order chi connectivity index (χ0) is 12.8. The van der Waals surface area contributed by atoms with Crippen molar-refractivity contribution in [3.63, 3.8) is 0 Å². The lowest BCUT2D eigenvalue weighted by molar-refractivity contribution is 0.0320. The van der Waals surface area contributed by atoms with Gasteiger partial charge in [-0.2, -0.15) is 0 Å². The molecule has 0 spiro atoms. The van der Waals surface area contributed by atoms with E-state index in [0.29, 0.717) is 6.54 Å². The van der Waals surface area contributed by atoms with Crippen LogP contribution in [0.25, 0.3) is 0 Å². The largest absolute Gasteiger partial charge is 0.381 e. The summed E-state index contributed by atoms with van der Waals surface area (Å²) >= 11 is 0. The molecule has 0 aliphatic heterocycles. The van der Waals surface area contributed by atoms with E-state index in [4.69, 9.17) is 15.2 Å². The molecule has 1 atom stereocenters. The Hall–Kier alpha value is -0.120. The van der Waals surface area contributed by atoms with Gasteiger partial charge in [-0.1, -0.05) is 39.0 Å². The third-order valence-corrected chi connectivity index (χ3v) is 2.89. The van der Waals surface area contributed by atoms with Gasteiger partial charge < -0.3 is 15.2 Å². The predicted molar refractivity (Wildman–Crippen MR) is 73.3 cm³/mol. The molecule has 0 saturated heterocycles. The van der Waals surface area contributed by atoms with Gasteiger partial charge >= 0.3 is 0 Å². The number of hydrogen-bond donors (Lipinski definition) is 1. The number of rotatable bonds is 13. The molecule has 0 aromatic heterocycles. The highest BCUT2D eigenvalue weighted by molar-refractivity contribution is 4.57. The Morgan fingerprint density at radius 2 is 1.65 bits per heavy atom. The molecule has 0 heterocycles. The SMILES string of the molecule is CCCCCCCCOCCC(CN)OCC. The third-order valence-electron chi connectivity index (χ3n) is 2.89. The van der Waals surface area contributed by atoms with Crippen LogP contribution in [-0.4, -0.2) is 32.5 Å². The first-order chi connectivity index (χ1) is 8.35. The Kier molecular flexibility index (Phi) is 13.8. The van der Waals surface area contributed by atoms with Crippen LogP contribution in [0.5, 0.6) is 0 Å². The first-order valence-corrected chi connectivity index (χ1v) is 7.24. The average Bonchev–Trinajstić information content (AvgIpc) is 2.35. The van der Waals surface area contributed by atoms with Crippen molar-refractivity contribution in [2.75, 3.05) is 26.4 Å². The minimum atomic E-state index is 0.171. The molecule has 17 heavy (non-hydrogen) atoms. The first kappa shape index (κ1) is 16.9. The van der Waals surface area contributed by atoms with Crippen LogP contribution in [0.3, 0.4) is 0 Å². The fraction of sp³-hybridized carbons (Fsp3) is 1.00. The van der Waals surface area contributed by atoms with Crippen molar-refractivity contribution in [1.29, 1.82) is 0 Å². The third kappa shape index (κ3) is 12.1. The van der Waals surface area contributed by atoms with Crippen molar-refractivity contribution in [2.45, 2.75) is 64.9 Å². The van der Waals surface area contributed by atoms with E-state index >= 15 is 0 Å². The summed E-state index contributed by atoms with van der Waals surface area (Å²) in [6.45, 7) is 7.23. The number of unbranched alkanes of at least 4 members (excludes halogenated alkanes) is 5. The van der Waals surface area contributed by atoms with Crippen molar-refractivity contribution in [1.82, 2.24) is 0 Å². The van der Waals surface area contributed by atoms with E-state index in [1.165, 1.54) is 38.5 Å². The second kappa shape index (κ2) is 13.9. The predicted octanol–water partition coefficient (Wildman–Crippen LogP) is 3.12. The molecule has 0 aliphatic carbocycles. The molecular formula is C14H31NO2. The molecule has 1 unspecified atom stereocenters. The number of ether oxygens (including phenoxy) is 2. The summed E-state index contributed by atoms with van der Waals surface area (Å²) in [6.07, 6.45) is 8.97. The van der Waals surface area contributed by atoms with E-state index in [0.717, 1.165) is 26.2 Å². The van der Waals surface area contributed by atoms with Gasteiger partial charge in [-0.05, 0) is 19.8 Å². The summed E-state index contributed by atoms with van der Waals surface area (Å²) in [4.78, 5) is 0. The molecule has 0 saturated carbocycles. The normalized spacial score (nSPS) is 12.9. The number of nitrogens with two attached hydrogens (primary N) is 1. The van der Waals surface area contributed by atoms with Crippen molar-refractivity contribution in [2.24, 2.45) is 5.73 Å². The highest BCUT2D eigenvalue weighted by Crippen LogP contribution is 2.05. The quantitative estimate of drug-likeness (QED) is 0.507. The van der Waals surface area contributed by atoms with Gasteiger partial charge in [0.15, 0.2) is 0 Å². The first-order valence-electron chi connectivity index (χ1n) is 7.24. The summed E-state index contributed by atoms with van der Waals surface area (Å²) in [6, 6.07) is 0. The fourth-order valence-corrected chi connectivity index (χ4v) is 1.81. The molecule has 0 aromatic carbocycles. The molecule has 0 aromatic rings. The van der Waals surface area contributed by atoms with Crippen molar-refractivity contribution < 1.29 is 9.47 Å². The highest BCUT2D eigenvalue weighted by Gasteiger charge is 2.04. The molecule has 0 fully saturated rings. The molecule has 0 aliphatic rings. The van der Waals surface area contributed by atoms with E-state index in [1.54, 1.807) is 0 Å². The van der Waals surface area contributed by atoms with Gasteiger partial charge in [-0.25, -0.2) is 0 Å². The summed E-state index contributed by atoms with van der Waals surface area (Å²) < 4.78 is 11.0. The van der Waals surface area contributed by atoms with Crippen molar-refractivity contribution >= 4 is 0 Å². The van der Waals surface area contributed by atoms with E-state index < -0.39 is 0 Å². The van der Waals surface area contributed by atoms with E-state index in [2.05, 4.69) is 6.92 Å². The van der Waals surface area contributed by atoms with Gasteiger partial charge in [0.25, 0.3) is 0 Å². The second-order valence-corrected chi connectivity index (χ2v) is 4.48. The minimum Gasteiger partial charge on any atom is -0.381 e. The second-order valence-electron chi connectivity index (χ2n) is 4.48. The fourth-order valence-electron chi connectivity index (χ4n) is 1.81. The lowest BCUT2D eigenvalue weighted by atomic mass is 10.1. The van der Waals surface area contributed by atoms with Crippen molar-refractivity contribution in [3.05, 3.63) is 0 Å². The van der Waals surface area contributed by atoms with Crippen LogP contribution in [0.4, 0.5) is 0 Å². The van der Waals surface area contributed by atoms with Gasteiger partial charge in [-0.3, -0.25) is 0 Å². The van der Waals surface area contributed by atoms with Gasteiger partial charge in [-0.15, -0.1) is 0 Å². The van der Waals surface area contributed by atoms with Gasteiger partial charge in [0.1, 0.15) is 0 Å². The molecule has 2 N–H and O–H groups in total. The number of hydrogen-bond acceptors (Lipinski definition) is 3. The zero-order valence-corrected chi connectivity index (χ0v) is 11.7. The average molecular weight is 245 g/mol. The summed E-state index contributed by atoms with van der Waals surface area (Å²) in [5.74, 6) is 0. The molecule has 0 bridgehead atoms. The summed E-state index contributed by atoms with van der Waals surface area (Å²) in [5.41, 5.74) is 5.59. The van der Waals surface area contributed by atoms with Gasteiger partial charge in [0.05, 0.1) is 6.10 Å². The zero-order valence-electron chi connectivity index (χ0n) is 11.7. The minimum absolute atomic E-state index is 0.171. The van der Waals surface area contributed by atoms with Crippen molar-refractivity contribution in [3.8, 4) is 0 Å². The molecule has 3 nitrogen and oxygen atoms in total. The van der Waals surface area contributed by atoms with Crippen LogP contribution < -0.4 is 5.73 Å². The lowest BCUT2D eigenvalue weighted by Gasteiger charge is -2.14. The van der Waals surface area contributed by atoms with E-state index in [-0.39, 0.29) is 6.10 Å². The lowest BCUT2D eigenvalue weighted by Crippen LogP contribution is -2.25. The summed E-state index contributed by atoms with van der Waals surface area (Å²) in [7, 11) is 0. The Balaban J connectivity index is 3.11. The Bertz CT molecular complexity index is 142. The Morgan fingerprint density at radius 3 is 2.29 bits per heavy atom. The van der Waals surface area contributed by atoms with Crippen LogP contribution >= 0.6 is 0 Å². The molecule has 0 rings (SSSR count). The molecule has 0 amide bonds. The van der Waals surface area contributed by atoms with Crippen LogP contribution in [0.15, 0.2) is 0 Å².